The van der Waals surface area contributed by atoms with Crippen LogP contribution in [0.25, 0.3) is 0 Å². The number of ether oxygens (including phenoxy) is 2. The largest absolute Gasteiger partial charge is 0.416 e. The highest BCUT2D eigenvalue weighted by Gasteiger charge is 2.37. The Labute approximate surface area is 193 Å². The first kappa shape index (κ1) is 24.3. The molecule has 2 aliphatic heterocycles. The van der Waals surface area contributed by atoms with Gasteiger partial charge in [0.1, 0.15) is 0 Å². The number of carbonyl (C=O) groups excluding carboxylic acids is 1. The molecule has 1 aromatic rings. The van der Waals surface area contributed by atoms with E-state index in [0.717, 1.165) is 38.4 Å². The zero-order valence-electron chi connectivity index (χ0n) is 19.2. The van der Waals surface area contributed by atoms with Gasteiger partial charge in [0.05, 0.1) is 18.3 Å². The van der Waals surface area contributed by atoms with Gasteiger partial charge in [-0.2, -0.15) is 13.2 Å². The van der Waals surface area contributed by atoms with Crippen LogP contribution in [0.4, 0.5) is 18.9 Å². The van der Waals surface area contributed by atoms with Crippen molar-refractivity contribution in [2.75, 3.05) is 50.9 Å². The van der Waals surface area contributed by atoms with Gasteiger partial charge in [-0.15, -0.1) is 0 Å². The van der Waals surface area contributed by atoms with Crippen LogP contribution in [-0.4, -0.2) is 75.0 Å². The first-order valence-corrected chi connectivity index (χ1v) is 12.0. The summed E-state index contributed by atoms with van der Waals surface area (Å²) in [5.74, 6) is 0.185. The number of anilines is 1. The van der Waals surface area contributed by atoms with E-state index in [0.29, 0.717) is 51.1 Å². The Balaban J connectivity index is 1.26. The Morgan fingerprint density at radius 3 is 2.70 bits per heavy atom. The van der Waals surface area contributed by atoms with Crippen LogP contribution in [-0.2, 0) is 20.4 Å². The second kappa shape index (κ2) is 10.6. The lowest BCUT2D eigenvalue weighted by Gasteiger charge is -2.37. The van der Waals surface area contributed by atoms with Gasteiger partial charge in [0.25, 0.3) is 0 Å². The summed E-state index contributed by atoms with van der Waals surface area (Å²) >= 11 is 0. The number of hydrogen-bond acceptors (Lipinski definition) is 5. The van der Waals surface area contributed by atoms with Crippen LogP contribution < -0.4 is 10.2 Å². The van der Waals surface area contributed by atoms with Gasteiger partial charge < -0.3 is 24.6 Å². The first-order chi connectivity index (χ1) is 15.8. The minimum absolute atomic E-state index is 0.00740. The van der Waals surface area contributed by atoms with Gasteiger partial charge in [-0.05, 0) is 50.8 Å². The summed E-state index contributed by atoms with van der Waals surface area (Å²) in [6.45, 7) is 6.14. The Morgan fingerprint density at radius 2 is 1.97 bits per heavy atom. The molecule has 1 aliphatic carbocycles. The molecule has 4 atom stereocenters. The third-order valence-corrected chi connectivity index (χ3v) is 7.05. The first-order valence-electron chi connectivity index (χ1n) is 12.0. The molecule has 1 saturated carbocycles. The minimum Gasteiger partial charge on any atom is -0.379 e. The van der Waals surface area contributed by atoms with Crippen LogP contribution >= 0.6 is 0 Å². The second-order valence-corrected chi connectivity index (χ2v) is 9.20. The van der Waals surface area contributed by atoms with Gasteiger partial charge in [-0.25, -0.2) is 0 Å². The van der Waals surface area contributed by atoms with Crippen molar-refractivity contribution >= 4 is 11.6 Å². The highest BCUT2D eigenvalue weighted by molar-refractivity contribution is 5.79. The minimum atomic E-state index is -4.35. The van der Waals surface area contributed by atoms with Crippen molar-refractivity contribution in [2.24, 2.45) is 5.92 Å². The van der Waals surface area contributed by atoms with Gasteiger partial charge in [0, 0.05) is 63.1 Å². The average molecular weight is 470 g/mol. The maximum absolute atomic E-state index is 13.1. The lowest BCUT2D eigenvalue weighted by molar-refractivity contribution is -0.137. The normalized spacial score (nSPS) is 28.8. The van der Waals surface area contributed by atoms with E-state index in [1.165, 1.54) is 12.1 Å². The monoisotopic (exact) mass is 469 g/mol. The molecule has 1 aromatic carbocycles. The third kappa shape index (κ3) is 6.00. The number of piperazine rings is 1. The van der Waals surface area contributed by atoms with Gasteiger partial charge >= 0.3 is 6.18 Å². The van der Waals surface area contributed by atoms with Crippen molar-refractivity contribution in [1.82, 2.24) is 10.2 Å². The van der Waals surface area contributed by atoms with Crippen LogP contribution in [0.3, 0.4) is 0 Å². The van der Waals surface area contributed by atoms with Crippen LogP contribution in [0.15, 0.2) is 24.3 Å². The molecule has 2 heterocycles. The lowest BCUT2D eigenvalue weighted by Crippen LogP contribution is -2.51. The summed E-state index contributed by atoms with van der Waals surface area (Å²) in [5.41, 5.74) is -0.0820. The standard InChI is InChI=1S/C24H34F3N3O3/c1-2-33-22-16-32-13-8-21(22)28-19-7-6-17(14-19)23(31)30-11-9-29(10-12-30)20-5-3-4-18(15-20)24(25,26)27/h3-5,15,17,19,21-22,28H,2,6-14,16H2,1H3. The van der Waals surface area contributed by atoms with Crippen molar-refractivity contribution in [3.63, 3.8) is 0 Å². The van der Waals surface area contributed by atoms with Crippen LogP contribution in [0.1, 0.15) is 38.2 Å². The van der Waals surface area contributed by atoms with Crippen molar-refractivity contribution in [3.8, 4) is 0 Å². The van der Waals surface area contributed by atoms with Crippen LogP contribution in [0, 0.1) is 5.92 Å². The SMILES string of the molecule is CCOC1COCCC1NC1CCC(C(=O)N2CCN(c3cccc(C(F)(F)F)c3)CC2)C1. The highest BCUT2D eigenvalue weighted by Crippen LogP contribution is 2.33. The molecule has 1 N–H and O–H groups in total. The third-order valence-electron chi connectivity index (χ3n) is 7.05. The van der Waals surface area contributed by atoms with Crippen LogP contribution in [0.2, 0.25) is 0 Å². The summed E-state index contributed by atoms with van der Waals surface area (Å²) < 4.78 is 50.4. The maximum Gasteiger partial charge on any atom is 0.416 e. The Morgan fingerprint density at radius 1 is 1.18 bits per heavy atom. The number of alkyl halides is 3. The summed E-state index contributed by atoms with van der Waals surface area (Å²) in [7, 11) is 0. The number of rotatable bonds is 6. The highest BCUT2D eigenvalue weighted by atomic mass is 19.4. The number of nitrogens with one attached hydrogen (secondary N) is 1. The predicted octanol–water partition coefficient (Wildman–Crippen LogP) is 3.31. The van der Waals surface area contributed by atoms with Crippen LogP contribution in [0.5, 0.6) is 0 Å². The number of amides is 1. The Hall–Kier alpha value is -1.84. The number of benzene rings is 1. The Bertz CT molecular complexity index is 797. The fraction of sp³-hybridized carbons (Fsp3) is 0.708. The molecular weight excluding hydrogens is 435 g/mol. The quantitative estimate of drug-likeness (QED) is 0.693. The predicted molar refractivity (Wildman–Crippen MR) is 119 cm³/mol. The second-order valence-electron chi connectivity index (χ2n) is 9.20. The zero-order chi connectivity index (χ0) is 23.4. The van der Waals surface area contributed by atoms with Crippen molar-refractivity contribution < 1.29 is 27.4 Å². The summed E-state index contributed by atoms with van der Waals surface area (Å²) in [6.07, 6.45) is -0.722. The van der Waals surface area contributed by atoms with Gasteiger partial charge in [-0.1, -0.05) is 6.07 Å². The summed E-state index contributed by atoms with van der Waals surface area (Å²) in [4.78, 5) is 16.9. The lowest BCUT2D eigenvalue weighted by atomic mass is 10.0. The van der Waals surface area contributed by atoms with Gasteiger partial charge in [0.15, 0.2) is 0 Å². The average Bonchev–Trinajstić information content (AvgIpc) is 3.28. The molecule has 0 spiro atoms. The zero-order valence-corrected chi connectivity index (χ0v) is 19.2. The smallest absolute Gasteiger partial charge is 0.379 e. The number of halogens is 3. The van der Waals surface area contributed by atoms with E-state index < -0.39 is 11.7 Å². The molecule has 0 bridgehead atoms. The van der Waals surface area contributed by atoms with E-state index in [2.05, 4.69) is 5.32 Å². The van der Waals surface area contributed by atoms with E-state index in [1.807, 2.05) is 16.7 Å². The van der Waals surface area contributed by atoms with Crippen molar-refractivity contribution in [3.05, 3.63) is 29.8 Å². The number of nitrogens with zero attached hydrogens (tertiary/aromatic N) is 2. The molecule has 3 aliphatic rings. The van der Waals surface area contributed by atoms with Crippen molar-refractivity contribution in [2.45, 2.75) is 57.0 Å². The number of hydrogen-bond donors (Lipinski definition) is 1. The van der Waals surface area contributed by atoms with E-state index in [1.54, 1.807) is 6.07 Å². The molecule has 4 unspecified atom stereocenters. The molecule has 184 valence electrons. The molecule has 6 nitrogen and oxygen atoms in total. The molecule has 0 aromatic heterocycles. The summed E-state index contributed by atoms with van der Waals surface area (Å²) in [5, 5.41) is 3.71. The Kier molecular flexibility index (Phi) is 7.81. The molecule has 9 heteroatoms. The van der Waals surface area contributed by atoms with E-state index in [4.69, 9.17) is 9.47 Å². The maximum atomic E-state index is 13.1. The van der Waals surface area contributed by atoms with E-state index in [-0.39, 0.29) is 24.0 Å². The van der Waals surface area contributed by atoms with Gasteiger partial charge in [0.2, 0.25) is 5.91 Å². The fourth-order valence-corrected chi connectivity index (χ4v) is 5.26. The number of carbonyl (C=O) groups is 1. The molecule has 4 rings (SSSR count). The fourth-order valence-electron chi connectivity index (χ4n) is 5.26. The van der Waals surface area contributed by atoms with E-state index >= 15 is 0 Å². The topological polar surface area (TPSA) is 54.0 Å². The molecule has 0 radical (unpaired) electrons. The summed E-state index contributed by atoms with van der Waals surface area (Å²) in [6, 6.07) is 5.98. The molecule has 3 fully saturated rings. The van der Waals surface area contributed by atoms with Crippen molar-refractivity contribution in [1.29, 1.82) is 0 Å². The molecule has 33 heavy (non-hydrogen) atoms. The molecule has 1 amide bonds. The van der Waals surface area contributed by atoms with Gasteiger partial charge in [-0.3, -0.25) is 4.79 Å². The van der Waals surface area contributed by atoms with E-state index in [9.17, 15) is 18.0 Å². The molecule has 2 saturated heterocycles. The molecular formula is C24H34F3N3O3.